The molecule has 3 rings (SSSR count). The molecular formula is C18H28N8. The van der Waals surface area contributed by atoms with Gasteiger partial charge >= 0.3 is 0 Å². The first-order valence-corrected chi connectivity index (χ1v) is 9.13. The molecule has 0 amide bonds. The number of aryl methyl sites for hydroxylation is 1. The molecule has 140 valence electrons. The summed E-state index contributed by atoms with van der Waals surface area (Å²) in [7, 11) is 4.17. The van der Waals surface area contributed by atoms with Crippen LogP contribution in [0.5, 0.6) is 0 Å². The molecule has 0 aliphatic carbocycles. The zero-order valence-electron chi connectivity index (χ0n) is 15.9. The average Bonchev–Trinajstić information content (AvgIpc) is 2.65. The molecule has 2 aromatic heterocycles. The van der Waals surface area contributed by atoms with Crippen molar-refractivity contribution in [1.29, 1.82) is 0 Å². The lowest BCUT2D eigenvalue weighted by Crippen LogP contribution is -2.47. The van der Waals surface area contributed by atoms with Crippen LogP contribution in [-0.4, -0.2) is 78.2 Å². The van der Waals surface area contributed by atoms with Gasteiger partial charge in [0.2, 0.25) is 11.9 Å². The van der Waals surface area contributed by atoms with E-state index in [0.29, 0.717) is 5.95 Å². The maximum Gasteiger partial charge on any atom is 0.225 e. The Morgan fingerprint density at radius 3 is 2.42 bits per heavy atom. The molecule has 3 heterocycles. The Morgan fingerprint density at radius 2 is 1.73 bits per heavy atom. The molecule has 0 saturated carbocycles. The van der Waals surface area contributed by atoms with E-state index >= 15 is 0 Å². The van der Waals surface area contributed by atoms with Gasteiger partial charge in [0.05, 0.1) is 0 Å². The molecule has 0 bridgehead atoms. The Labute approximate surface area is 155 Å². The Balaban J connectivity index is 1.57. The molecule has 26 heavy (non-hydrogen) atoms. The van der Waals surface area contributed by atoms with Gasteiger partial charge in [-0.1, -0.05) is 0 Å². The Hall–Kier alpha value is -2.48. The number of piperazine rings is 1. The van der Waals surface area contributed by atoms with Gasteiger partial charge in [-0.2, -0.15) is 4.98 Å². The third-order valence-corrected chi connectivity index (χ3v) is 4.34. The number of nitrogens with one attached hydrogen (secondary N) is 1. The van der Waals surface area contributed by atoms with Crippen LogP contribution in [0.2, 0.25) is 0 Å². The van der Waals surface area contributed by atoms with Crippen molar-refractivity contribution in [2.75, 3.05) is 68.5 Å². The molecule has 8 heteroatoms. The van der Waals surface area contributed by atoms with E-state index in [4.69, 9.17) is 4.98 Å². The molecule has 2 aromatic rings. The second-order valence-electron chi connectivity index (χ2n) is 6.80. The van der Waals surface area contributed by atoms with Gasteiger partial charge in [0.25, 0.3) is 0 Å². The largest absolute Gasteiger partial charge is 0.354 e. The molecule has 1 saturated heterocycles. The summed E-state index contributed by atoms with van der Waals surface area (Å²) >= 11 is 0. The lowest BCUT2D eigenvalue weighted by Gasteiger charge is -2.35. The maximum absolute atomic E-state index is 4.71. The highest BCUT2D eigenvalue weighted by atomic mass is 15.3. The van der Waals surface area contributed by atoms with Crippen LogP contribution >= 0.6 is 0 Å². The number of hydrogen-bond donors (Lipinski definition) is 1. The summed E-state index contributed by atoms with van der Waals surface area (Å²) in [5, 5.41) is 3.35. The molecule has 0 aromatic carbocycles. The fraction of sp³-hybridized carbons (Fsp3) is 0.556. The molecular weight excluding hydrogens is 328 g/mol. The van der Waals surface area contributed by atoms with Gasteiger partial charge in [0.1, 0.15) is 5.82 Å². The van der Waals surface area contributed by atoms with Crippen LogP contribution in [0.1, 0.15) is 12.1 Å². The summed E-state index contributed by atoms with van der Waals surface area (Å²) in [5.41, 5.74) is 0.985. The molecule has 0 atom stereocenters. The van der Waals surface area contributed by atoms with E-state index in [9.17, 15) is 0 Å². The second-order valence-corrected chi connectivity index (χ2v) is 6.80. The zero-order valence-corrected chi connectivity index (χ0v) is 15.9. The van der Waals surface area contributed by atoms with E-state index in [2.05, 4.69) is 55.1 Å². The minimum Gasteiger partial charge on any atom is -0.354 e. The maximum atomic E-state index is 4.71. The predicted octanol–water partition coefficient (Wildman–Crippen LogP) is 1.27. The van der Waals surface area contributed by atoms with Crippen molar-refractivity contribution in [3.8, 4) is 0 Å². The minimum absolute atomic E-state index is 0.715. The van der Waals surface area contributed by atoms with Crippen molar-refractivity contribution < 1.29 is 0 Å². The van der Waals surface area contributed by atoms with Crippen molar-refractivity contribution in [3.63, 3.8) is 0 Å². The lowest BCUT2D eigenvalue weighted by atomic mass is 10.3. The van der Waals surface area contributed by atoms with Gasteiger partial charge in [-0.15, -0.1) is 0 Å². The molecule has 1 aliphatic rings. The Morgan fingerprint density at radius 1 is 1.04 bits per heavy atom. The average molecular weight is 356 g/mol. The van der Waals surface area contributed by atoms with Crippen molar-refractivity contribution >= 4 is 17.7 Å². The van der Waals surface area contributed by atoms with Crippen LogP contribution in [0.3, 0.4) is 0 Å². The number of rotatable bonds is 7. The van der Waals surface area contributed by atoms with Gasteiger partial charge in [-0.3, -0.25) is 0 Å². The van der Waals surface area contributed by atoms with E-state index in [1.807, 2.05) is 13.0 Å². The summed E-state index contributed by atoms with van der Waals surface area (Å²) in [6, 6.07) is 3.90. The molecule has 1 N–H and O–H groups in total. The van der Waals surface area contributed by atoms with E-state index in [1.54, 1.807) is 12.4 Å². The zero-order chi connectivity index (χ0) is 18.4. The number of aromatic nitrogens is 4. The van der Waals surface area contributed by atoms with Gasteiger partial charge in [-0.05, 0) is 40.1 Å². The summed E-state index contributed by atoms with van der Waals surface area (Å²) < 4.78 is 0. The van der Waals surface area contributed by atoms with Crippen LogP contribution in [0, 0.1) is 6.92 Å². The van der Waals surface area contributed by atoms with E-state index < -0.39 is 0 Å². The number of hydrogen-bond acceptors (Lipinski definition) is 8. The van der Waals surface area contributed by atoms with Crippen LogP contribution < -0.4 is 15.1 Å². The first kappa shape index (κ1) is 18.3. The fourth-order valence-electron chi connectivity index (χ4n) is 2.98. The van der Waals surface area contributed by atoms with Crippen LogP contribution in [0.25, 0.3) is 0 Å². The van der Waals surface area contributed by atoms with Crippen LogP contribution in [0.4, 0.5) is 17.7 Å². The van der Waals surface area contributed by atoms with Gasteiger partial charge < -0.3 is 20.0 Å². The van der Waals surface area contributed by atoms with Crippen molar-refractivity contribution in [2.24, 2.45) is 0 Å². The molecule has 0 spiro atoms. The van der Waals surface area contributed by atoms with Gasteiger partial charge in [0, 0.05) is 56.9 Å². The number of anilines is 3. The van der Waals surface area contributed by atoms with Crippen molar-refractivity contribution in [2.45, 2.75) is 13.3 Å². The van der Waals surface area contributed by atoms with Gasteiger partial charge in [-0.25, -0.2) is 15.0 Å². The summed E-state index contributed by atoms with van der Waals surface area (Å²) in [4.78, 5) is 24.6. The quantitative estimate of drug-likeness (QED) is 0.744. The van der Waals surface area contributed by atoms with Crippen LogP contribution in [0.15, 0.2) is 24.5 Å². The van der Waals surface area contributed by atoms with Gasteiger partial charge in [0.15, 0.2) is 0 Å². The highest BCUT2D eigenvalue weighted by molar-refractivity contribution is 5.46. The Bertz CT molecular complexity index is 683. The fourth-order valence-corrected chi connectivity index (χ4v) is 2.98. The first-order chi connectivity index (χ1) is 12.6. The van der Waals surface area contributed by atoms with Crippen molar-refractivity contribution in [1.82, 2.24) is 24.8 Å². The van der Waals surface area contributed by atoms with E-state index in [0.717, 1.165) is 63.1 Å². The normalized spacial score (nSPS) is 14.8. The second kappa shape index (κ2) is 8.75. The topological polar surface area (TPSA) is 73.3 Å². The van der Waals surface area contributed by atoms with E-state index in [1.165, 1.54) is 0 Å². The number of nitrogens with zero attached hydrogens (tertiary/aromatic N) is 7. The highest BCUT2D eigenvalue weighted by Crippen LogP contribution is 2.18. The van der Waals surface area contributed by atoms with Crippen LogP contribution in [-0.2, 0) is 0 Å². The molecule has 8 nitrogen and oxygen atoms in total. The smallest absolute Gasteiger partial charge is 0.225 e. The monoisotopic (exact) mass is 356 g/mol. The third kappa shape index (κ3) is 5.01. The van der Waals surface area contributed by atoms with Crippen molar-refractivity contribution in [3.05, 3.63) is 30.2 Å². The lowest BCUT2D eigenvalue weighted by molar-refractivity contribution is 0.405. The molecule has 1 fully saturated rings. The SMILES string of the molecule is Cc1cc(N2CCN(c3ncccn3)CC2)nc(NCCCN(C)C)n1. The molecule has 0 radical (unpaired) electrons. The predicted molar refractivity (Wildman–Crippen MR) is 105 cm³/mol. The third-order valence-electron chi connectivity index (χ3n) is 4.34. The first-order valence-electron chi connectivity index (χ1n) is 9.13. The summed E-state index contributed by atoms with van der Waals surface area (Å²) in [5.74, 6) is 2.50. The molecule has 1 aliphatic heterocycles. The molecule has 0 unspecified atom stereocenters. The summed E-state index contributed by atoms with van der Waals surface area (Å²) in [6.45, 7) is 7.51. The summed E-state index contributed by atoms with van der Waals surface area (Å²) in [6.07, 6.45) is 4.64. The highest BCUT2D eigenvalue weighted by Gasteiger charge is 2.20. The Kier molecular flexibility index (Phi) is 6.17. The standard InChI is InChI=1S/C18H28N8/c1-15-14-16(23-17(22-15)19-8-5-9-24(2)3)25-10-12-26(13-11-25)18-20-6-4-7-21-18/h4,6-7,14H,5,8-13H2,1-3H3,(H,19,22,23). The minimum atomic E-state index is 0.715. The van der Waals surface area contributed by atoms with E-state index in [-0.39, 0.29) is 0 Å².